The molecule has 0 unspecified atom stereocenters. The average Bonchev–Trinajstić information content (AvgIpc) is 2.78. The Bertz CT molecular complexity index is 934. The summed E-state index contributed by atoms with van der Waals surface area (Å²) in [7, 11) is 1.68. The van der Waals surface area contributed by atoms with Crippen molar-refractivity contribution >= 4 is 40.8 Å². The van der Waals surface area contributed by atoms with Gasteiger partial charge in [0, 0.05) is 36.3 Å². The van der Waals surface area contributed by atoms with Crippen LogP contribution in [0.2, 0.25) is 0 Å². The minimum atomic E-state index is 0.569. The van der Waals surface area contributed by atoms with Crippen molar-refractivity contribution < 1.29 is 9.53 Å². The van der Waals surface area contributed by atoms with Crippen LogP contribution in [0.3, 0.4) is 0 Å². The van der Waals surface area contributed by atoms with Gasteiger partial charge in [0.1, 0.15) is 5.71 Å². The third kappa shape index (κ3) is 4.71. The summed E-state index contributed by atoms with van der Waals surface area (Å²) in [6, 6.07) is 14.3. The molecule has 0 radical (unpaired) electrons. The van der Waals surface area contributed by atoms with Crippen LogP contribution in [0.4, 0.5) is 11.4 Å². The fourth-order valence-electron chi connectivity index (χ4n) is 3.47. The van der Waals surface area contributed by atoms with E-state index in [0.717, 1.165) is 48.4 Å². The predicted molar refractivity (Wildman–Crippen MR) is 122 cm³/mol. The highest BCUT2D eigenvalue weighted by molar-refractivity contribution is 7.98. The number of hydrazone groups is 1. The second-order valence-corrected chi connectivity index (χ2v) is 7.72. The van der Waals surface area contributed by atoms with Crippen molar-refractivity contribution in [2.75, 3.05) is 30.7 Å². The lowest BCUT2D eigenvalue weighted by Gasteiger charge is -2.34. The number of rotatable bonds is 4. The zero-order chi connectivity index (χ0) is 20.8. The highest BCUT2D eigenvalue weighted by Gasteiger charge is 2.29. The number of thioether (sulfide) groups is 1. The maximum atomic E-state index is 11.4. The first kappa shape index (κ1) is 21.1. The molecule has 0 amide bonds. The number of aryl methyl sites for hydroxylation is 1. The predicted octanol–water partition coefficient (Wildman–Crippen LogP) is 4.77. The summed E-state index contributed by atoms with van der Waals surface area (Å²) < 4.78 is 4.54. The van der Waals surface area contributed by atoms with Crippen LogP contribution in [0.5, 0.6) is 0 Å². The maximum absolute atomic E-state index is 11.4. The molecule has 29 heavy (non-hydrogen) atoms. The van der Waals surface area contributed by atoms with Crippen molar-refractivity contribution in [2.45, 2.75) is 31.1 Å². The largest absolute Gasteiger partial charge is 0.399 e. The number of ether oxygens (including phenoxy) is 1. The van der Waals surface area contributed by atoms with E-state index in [4.69, 9.17) is 5.73 Å². The molecule has 0 saturated carbocycles. The molecule has 2 aromatic rings. The van der Waals surface area contributed by atoms with E-state index in [1.165, 1.54) is 16.0 Å². The second kappa shape index (κ2) is 9.76. The summed E-state index contributed by atoms with van der Waals surface area (Å²) in [4.78, 5) is 12.6. The summed E-state index contributed by atoms with van der Waals surface area (Å²) in [5.74, 6) is 0. The highest BCUT2D eigenvalue weighted by atomic mass is 32.2. The van der Waals surface area contributed by atoms with Gasteiger partial charge in [-0.1, -0.05) is 6.07 Å². The molecule has 0 spiro atoms. The van der Waals surface area contributed by atoms with Gasteiger partial charge in [-0.3, -0.25) is 4.79 Å². The molecule has 0 saturated heterocycles. The molecular weight excluding hydrogens is 382 g/mol. The first-order valence-electron chi connectivity index (χ1n) is 9.67. The Morgan fingerprint density at radius 3 is 2.55 bits per heavy atom. The molecule has 152 valence electrons. The minimum absolute atomic E-state index is 0.569. The molecule has 2 aliphatic rings. The summed E-state index contributed by atoms with van der Waals surface area (Å²) in [5, 5.41) is 6.52. The first-order valence-corrected chi connectivity index (χ1v) is 10.9. The number of hydrogen-bond acceptors (Lipinski definition) is 6. The van der Waals surface area contributed by atoms with E-state index < -0.39 is 0 Å². The van der Waals surface area contributed by atoms with Crippen molar-refractivity contribution in [3.05, 3.63) is 59.2 Å². The SMILES string of the molecule is CCOC.CSc1ccc(N2N=C(C=O)CC3=C2c2cc(N)ccc2CC3)cc1. The average molecular weight is 410 g/mol. The molecule has 0 fully saturated rings. The number of allylic oxidation sites excluding steroid dienone is 1. The number of carbonyl (C=O) groups excluding carboxylic acids is 1. The van der Waals surface area contributed by atoms with E-state index in [1.54, 1.807) is 18.9 Å². The van der Waals surface area contributed by atoms with Crippen molar-refractivity contribution in [1.29, 1.82) is 0 Å². The van der Waals surface area contributed by atoms with E-state index in [2.05, 4.69) is 34.3 Å². The third-order valence-corrected chi connectivity index (χ3v) is 5.74. The van der Waals surface area contributed by atoms with E-state index in [1.807, 2.05) is 36.2 Å². The van der Waals surface area contributed by atoms with Crippen molar-refractivity contribution in [3.8, 4) is 0 Å². The minimum Gasteiger partial charge on any atom is -0.399 e. The van der Waals surface area contributed by atoms with E-state index in [-0.39, 0.29) is 0 Å². The monoisotopic (exact) mass is 409 g/mol. The van der Waals surface area contributed by atoms with Gasteiger partial charge in [-0.15, -0.1) is 11.8 Å². The van der Waals surface area contributed by atoms with Crippen molar-refractivity contribution in [3.63, 3.8) is 0 Å². The number of hydrogen-bond donors (Lipinski definition) is 1. The summed E-state index contributed by atoms with van der Waals surface area (Å²) in [6.45, 7) is 2.78. The van der Waals surface area contributed by atoms with Gasteiger partial charge in [0.25, 0.3) is 0 Å². The van der Waals surface area contributed by atoms with Crippen LogP contribution < -0.4 is 10.7 Å². The molecule has 6 heteroatoms. The van der Waals surface area contributed by atoms with Crippen molar-refractivity contribution in [1.82, 2.24) is 0 Å². The molecule has 1 aliphatic carbocycles. The lowest BCUT2D eigenvalue weighted by Crippen LogP contribution is -2.27. The quantitative estimate of drug-likeness (QED) is 0.448. The summed E-state index contributed by atoms with van der Waals surface area (Å²) in [6.07, 6.45) is 5.45. The zero-order valence-electron chi connectivity index (χ0n) is 17.1. The molecule has 1 heterocycles. The molecule has 1 aliphatic heterocycles. The van der Waals surface area contributed by atoms with Crippen LogP contribution in [-0.2, 0) is 16.0 Å². The molecule has 0 aromatic heterocycles. The Morgan fingerprint density at radius 1 is 1.21 bits per heavy atom. The van der Waals surface area contributed by atoms with Crippen LogP contribution >= 0.6 is 11.8 Å². The van der Waals surface area contributed by atoms with Gasteiger partial charge < -0.3 is 10.5 Å². The molecular formula is C23H27N3O2S. The summed E-state index contributed by atoms with van der Waals surface area (Å²) in [5.41, 5.74) is 13.1. The third-order valence-electron chi connectivity index (χ3n) is 5.00. The highest BCUT2D eigenvalue weighted by Crippen LogP contribution is 2.41. The Hall–Kier alpha value is -2.57. The molecule has 5 nitrogen and oxygen atoms in total. The first-order chi connectivity index (χ1) is 14.1. The van der Waals surface area contributed by atoms with Crippen LogP contribution in [0.15, 0.2) is 58.0 Å². The van der Waals surface area contributed by atoms with Gasteiger partial charge in [-0.2, -0.15) is 5.10 Å². The maximum Gasteiger partial charge on any atom is 0.166 e. The number of nitrogen functional groups attached to an aromatic ring is 1. The van der Waals surface area contributed by atoms with Crippen molar-refractivity contribution in [2.24, 2.45) is 5.10 Å². The number of fused-ring (bicyclic) bond motifs is 2. The Kier molecular flexibility index (Phi) is 7.12. The van der Waals surface area contributed by atoms with Gasteiger partial charge in [0.05, 0.1) is 11.4 Å². The summed E-state index contributed by atoms with van der Waals surface area (Å²) >= 11 is 1.70. The van der Waals surface area contributed by atoms with Crippen LogP contribution in [0, 0.1) is 0 Å². The lowest BCUT2D eigenvalue weighted by molar-refractivity contribution is -0.102. The van der Waals surface area contributed by atoms with E-state index >= 15 is 0 Å². The standard InChI is InChI=1S/C20H19N3OS.C3H8O/c1-25-18-8-6-17(7-9-18)23-20-14(10-16(12-24)22-23)3-2-13-4-5-15(21)11-19(13)20;1-3-4-2/h4-9,11-12H,2-3,10,21H2,1H3;3H2,1-2H3. The Labute approximate surface area is 176 Å². The number of nitrogens with zero attached hydrogens (tertiary/aromatic N) is 2. The van der Waals surface area contributed by atoms with E-state index in [9.17, 15) is 4.79 Å². The number of nitrogens with two attached hydrogens (primary N) is 1. The molecule has 4 rings (SSSR count). The van der Waals surface area contributed by atoms with Crippen LogP contribution in [0.25, 0.3) is 5.70 Å². The molecule has 0 bridgehead atoms. The van der Waals surface area contributed by atoms with Crippen LogP contribution in [0.1, 0.15) is 30.9 Å². The number of benzene rings is 2. The fraction of sp³-hybridized carbons (Fsp3) is 0.304. The number of aldehydes is 1. The van der Waals surface area contributed by atoms with Gasteiger partial charge in [-0.05, 0) is 73.6 Å². The topological polar surface area (TPSA) is 67.9 Å². The molecule has 2 N–H and O–H groups in total. The fourth-order valence-corrected chi connectivity index (χ4v) is 3.88. The molecule has 2 aromatic carbocycles. The second-order valence-electron chi connectivity index (χ2n) is 6.84. The normalized spacial score (nSPS) is 15.0. The number of carbonyl (C=O) groups is 1. The van der Waals surface area contributed by atoms with Gasteiger partial charge in [0.15, 0.2) is 6.29 Å². The Balaban J connectivity index is 0.000000552. The Morgan fingerprint density at radius 2 is 1.93 bits per heavy atom. The zero-order valence-corrected chi connectivity index (χ0v) is 18.0. The molecule has 0 atom stereocenters. The number of anilines is 2. The van der Waals surface area contributed by atoms with Gasteiger partial charge >= 0.3 is 0 Å². The van der Waals surface area contributed by atoms with Gasteiger partial charge in [-0.25, -0.2) is 5.01 Å². The van der Waals surface area contributed by atoms with Crippen LogP contribution in [-0.4, -0.2) is 32.0 Å². The van der Waals surface area contributed by atoms with Gasteiger partial charge in [0.2, 0.25) is 0 Å². The number of methoxy groups -OCH3 is 1. The lowest BCUT2D eigenvalue weighted by atomic mass is 9.85. The smallest absolute Gasteiger partial charge is 0.166 e. The van der Waals surface area contributed by atoms with E-state index in [0.29, 0.717) is 12.1 Å².